The van der Waals surface area contributed by atoms with Crippen molar-refractivity contribution in [3.63, 3.8) is 0 Å². The fourth-order valence-electron chi connectivity index (χ4n) is 4.32. The maximum absolute atomic E-state index is 13.4. The Balaban J connectivity index is 0.00000138. The third-order valence-corrected chi connectivity index (χ3v) is 6.35. The number of amides is 2. The lowest BCUT2D eigenvalue weighted by Gasteiger charge is -2.29. The Kier molecular flexibility index (Phi) is 11.4. The number of carbonyl (C=O) groups excluding carboxylic acids is 2. The van der Waals surface area contributed by atoms with E-state index in [0.29, 0.717) is 22.0 Å². The highest BCUT2D eigenvalue weighted by Crippen LogP contribution is 2.36. The van der Waals surface area contributed by atoms with Crippen LogP contribution >= 0.6 is 0 Å². The van der Waals surface area contributed by atoms with Crippen LogP contribution in [0.2, 0.25) is 0 Å². The number of carbonyl (C=O) groups is 3. The third kappa shape index (κ3) is 8.26. The van der Waals surface area contributed by atoms with Crippen LogP contribution in [0, 0.1) is 22.0 Å². The van der Waals surface area contributed by atoms with E-state index < -0.39 is 28.7 Å². The Hall–Kier alpha value is -4.47. The lowest BCUT2D eigenvalue weighted by atomic mass is 10.00. The van der Waals surface area contributed by atoms with Crippen LogP contribution in [0.1, 0.15) is 52.0 Å². The number of carboxylic acids is 1. The Morgan fingerprint density at radius 1 is 1.07 bits per heavy atom. The molecule has 1 atom stereocenters. The van der Waals surface area contributed by atoms with Crippen molar-refractivity contribution >= 4 is 34.4 Å². The van der Waals surface area contributed by atoms with E-state index in [2.05, 4.69) is 26.1 Å². The van der Waals surface area contributed by atoms with Gasteiger partial charge in [-0.3, -0.25) is 19.7 Å². The molecular weight excluding hydrogens is 524 g/mol. The number of fused-ring (bicyclic) bond motifs is 1. The molecule has 0 saturated carbocycles. The zero-order valence-corrected chi connectivity index (χ0v) is 25.0. The minimum Gasteiger partial charge on any atom is -0.478 e. The van der Waals surface area contributed by atoms with Crippen molar-refractivity contribution in [2.45, 2.75) is 47.6 Å². The van der Waals surface area contributed by atoms with Crippen molar-refractivity contribution < 1.29 is 24.4 Å². The SMILES string of the molecule is C/C(=C\[C@H](C(C)C)N(C)C(=O)CNC(=O)c1c(-c2ccccc2)c2cc([N+](=O)[O-])ccc2n1C)C(=O)O.CC(C)C. The molecule has 1 heterocycles. The van der Waals surface area contributed by atoms with E-state index >= 15 is 0 Å². The maximum atomic E-state index is 13.4. The first-order valence-electron chi connectivity index (χ1n) is 13.4. The van der Waals surface area contributed by atoms with Gasteiger partial charge in [-0.05, 0) is 30.4 Å². The van der Waals surface area contributed by atoms with Crippen molar-refractivity contribution in [2.75, 3.05) is 13.6 Å². The topological polar surface area (TPSA) is 135 Å². The summed E-state index contributed by atoms with van der Waals surface area (Å²) in [5.41, 5.74) is 2.16. The van der Waals surface area contributed by atoms with E-state index in [1.54, 1.807) is 24.7 Å². The average Bonchev–Trinajstić information content (AvgIpc) is 3.21. The van der Waals surface area contributed by atoms with E-state index in [9.17, 15) is 29.6 Å². The molecule has 0 fully saturated rings. The molecule has 3 rings (SSSR count). The van der Waals surface area contributed by atoms with Gasteiger partial charge in [0.15, 0.2) is 0 Å². The van der Waals surface area contributed by atoms with E-state index in [1.165, 1.54) is 30.0 Å². The normalized spacial score (nSPS) is 12.1. The molecule has 0 aliphatic carbocycles. The van der Waals surface area contributed by atoms with Gasteiger partial charge in [-0.15, -0.1) is 0 Å². The highest BCUT2D eigenvalue weighted by atomic mass is 16.6. The van der Waals surface area contributed by atoms with Crippen LogP contribution in [-0.4, -0.2) is 56.9 Å². The summed E-state index contributed by atoms with van der Waals surface area (Å²) in [5, 5.41) is 23.9. The fourth-order valence-corrected chi connectivity index (χ4v) is 4.32. The number of likely N-dealkylation sites (N-methyl/N-ethyl adjacent to an activating group) is 1. The summed E-state index contributed by atoms with van der Waals surface area (Å²) in [4.78, 5) is 50.0. The molecule has 3 aromatic rings. The number of non-ortho nitro benzene ring substituents is 1. The van der Waals surface area contributed by atoms with E-state index in [-0.39, 0.29) is 29.4 Å². The van der Waals surface area contributed by atoms with Gasteiger partial charge in [-0.2, -0.15) is 0 Å². The van der Waals surface area contributed by atoms with E-state index in [1.807, 2.05) is 44.2 Å². The van der Waals surface area contributed by atoms with Crippen molar-refractivity contribution in [2.24, 2.45) is 18.9 Å². The Bertz CT molecular complexity index is 1440. The van der Waals surface area contributed by atoms with Crippen LogP contribution in [0.5, 0.6) is 0 Å². The van der Waals surface area contributed by atoms with Gasteiger partial charge >= 0.3 is 5.97 Å². The van der Waals surface area contributed by atoms with Crippen LogP contribution in [0.25, 0.3) is 22.0 Å². The number of nitro groups is 1. The molecule has 0 aliphatic rings. The predicted molar refractivity (Wildman–Crippen MR) is 161 cm³/mol. The standard InChI is InChI=1S/C27H30N4O6.C4H10/c1-16(2)22(13-17(3)27(34)35)29(4)23(32)15-28-26(33)25-24(18-9-7-6-8-10-18)20-14-19(31(36)37)11-12-21(20)30(25)5;1-4(2)3/h6-14,16,22H,15H2,1-5H3,(H,28,33)(H,34,35);4H,1-3H3/b17-13+;/t22-;/m1./s1. The molecule has 220 valence electrons. The van der Waals surface area contributed by atoms with Crippen LogP contribution < -0.4 is 5.32 Å². The molecule has 0 bridgehead atoms. The second-order valence-corrected chi connectivity index (χ2v) is 10.9. The third-order valence-electron chi connectivity index (χ3n) is 6.35. The second kappa shape index (κ2) is 14.2. The number of nitrogens with one attached hydrogen (secondary N) is 1. The number of hydrogen-bond donors (Lipinski definition) is 2. The highest BCUT2D eigenvalue weighted by Gasteiger charge is 2.26. The Labute approximate surface area is 240 Å². The summed E-state index contributed by atoms with van der Waals surface area (Å²) in [6.45, 7) is 11.4. The number of nitro benzene ring substituents is 1. The van der Waals surface area contributed by atoms with Gasteiger partial charge in [0.25, 0.3) is 11.6 Å². The van der Waals surface area contributed by atoms with Crippen LogP contribution in [0.4, 0.5) is 5.69 Å². The quantitative estimate of drug-likeness (QED) is 0.196. The summed E-state index contributed by atoms with van der Waals surface area (Å²) in [6.07, 6.45) is 1.52. The number of hydrogen-bond acceptors (Lipinski definition) is 5. The number of aromatic nitrogens is 1. The minimum absolute atomic E-state index is 0.0578. The lowest BCUT2D eigenvalue weighted by Crippen LogP contribution is -2.45. The van der Waals surface area contributed by atoms with E-state index in [4.69, 9.17) is 0 Å². The van der Waals surface area contributed by atoms with Crippen LogP contribution in [-0.2, 0) is 16.6 Å². The molecule has 0 spiro atoms. The van der Waals surface area contributed by atoms with Gasteiger partial charge in [0.1, 0.15) is 5.69 Å². The molecule has 2 aromatic carbocycles. The molecule has 1 aromatic heterocycles. The molecule has 0 unspecified atom stereocenters. The average molecular weight is 565 g/mol. The van der Waals surface area contributed by atoms with Crippen molar-refractivity contribution in [3.05, 3.63) is 76.0 Å². The number of carboxylic acid groups (broad SMARTS) is 1. The molecule has 41 heavy (non-hydrogen) atoms. The minimum atomic E-state index is -1.07. The van der Waals surface area contributed by atoms with E-state index in [0.717, 1.165) is 5.92 Å². The zero-order valence-electron chi connectivity index (χ0n) is 25.0. The monoisotopic (exact) mass is 564 g/mol. The van der Waals surface area contributed by atoms with Gasteiger partial charge < -0.3 is 19.9 Å². The Morgan fingerprint density at radius 2 is 1.66 bits per heavy atom. The summed E-state index contributed by atoms with van der Waals surface area (Å²) in [6, 6.07) is 13.0. The van der Waals surface area contributed by atoms with Gasteiger partial charge in [-0.25, -0.2) is 4.79 Å². The number of nitrogens with zero attached hydrogens (tertiary/aromatic N) is 3. The first kappa shape index (κ1) is 32.7. The summed E-state index contributed by atoms with van der Waals surface area (Å²) < 4.78 is 1.65. The number of aliphatic carboxylic acids is 1. The smallest absolute Gasteiger partial charge is 0.331 e. The molecule has 10 nitrogen and oxygen atoms in total. The van der Waals surface area contributed by atoms with Crippen molar-refractivity contribution in [3.8, 4) is 11.1 Å². The molecular formula is C31H40N4O6. The molecule has 0 radical (unpaired) electrons. The molecule has 2 N–H and O–H groups in total. The van der Waals surface area contributed by atoms with Crippen molar-refractivity contribution in [1.82, 2.24) is 14.8 Å². The fraction of sp³-hybridized carbons (Fsp3) is 0.387. The summed E-state index contributed by atoms with van der Waals surface area (Å²) in [5.74, 6) is -1.20. The molecule has 10 heteroatoms. The van der Waals surface area contributed by atoms with Crippen LogP contribution in [0.15, 0.2) is 60.2 Å². The summed E-state index contributed by atoms with van der Waals surface area (Å²) >= 11 is 0. The van der Waals surface area contributed by atoms with Gasteiger partial charge in [0, 0.05) is 48.3 Å². The number of benzene rings is 2. The highest BCUT2D eigenvalue weighted by molar-refractivity contribution is 6.11. The van der Waals surface area contributed by atoms with Gasteiger partial charge in [-0.1, -0.05) is 71.0 Å². The molecule has 2 amide bonds. The summed E-state index contributed by atoms with van der Waals surface area (Å²) in [7, 11) is 3.26. The lowest BCUT2D eigenvalue weighted by molar-refractivity contribution is -0.384. The van der Waals surface area contributed by atoms with Gasteiger partial charge in [0.05, 0.1) is 17.5 Å². The van der Waals surface area contributed by atoms with Gasteiger partial charge in [0.2, 0.25) is 5.91 Å². The first-order valence-corrected chi connectivity index (χ1v) is 13.4. The van der Waals surface area contributed by atoms with Crippen LogP contribution in [0.3, 0.4) is 0 Å². The molecule has 0 aliphatic heterocycles. The number of rotatable bonds is 9. The largest absolute Gasteiger partial charge is 0.478 e. The van der Waals surface area contributed by atoms with Crippen molar-refractivity contribution in [1.29, 1.82) is 0 Å². The molecule has 0 saturated heterocycles. The Morgan fingerprint density at radius 3 is 2.17 bits per heavy atom. The second-order valence-electron chi connectivity index (χ2n) is 10.9. The number of aryl methyl sites for hydroxylation is 1. The predicted octanol–water partition coefficient (Wildman–Crippen LogP) is 5.66. The first-order chi connectivity index (χ1) is 19.2. The maximum Gasteiger partial charge on any atom is 0.331 e. The zero-order chi connectivity index (χ0) is 31.0.